The zero-order chi connectivity index (χ0) is 16.8. The fraction of sp³-hybridized carbons (Fsp3) is 0.455. The van der Waals surface area contributed by atoms with Crippen LogP contribution >= 0.6 is 0 Å². The Balaban J connectivity index is 1.49. The molecule has 2 nitrogen and oxygen atoms in total. The molecule has 1 saturated heterocycles. The van der Waals surface area contributed by atoms with Crippen molar-refractivity contribution < 1.29 is 0 Å². The Morgan fingerprint density at radius 2 is 1.62 bits per heavy atom. The summed E-state index contributed by atoms with van der Waals surface area (Å²) >= 11 is 0. The van der Waals surface area contributed by atoms with E-state index in [0.29, 0.717) is 0 Å². The predicted molar refractivity (Wildman–Crippen MR) is 104 cm³/mol. The highest BCUT2D eigenvalue weighted by Gasteiger charge is 2.16. The van der Waals surface area contributed by atoms with E-state index in [1.807, 2.05) is 0 Å². The molecular weight excluding hydrogens is 292 g/mol. The maximum absolute atomic E-state index is 2.61. The van der Waals surface area contributed by atoms with Crippen molar-refractivity contribution in [1.82, 2.24) is 4.90 Å². The summed E-state index contributed by atoms with van der Waals surface area (Å²) < 4.78 is 0. The second-order valence-electron chi connectivity index (χ2n) is 6.93. The van der Waals surface area contributed by atoms with Gasteiger partial charge >= 0.3 is 0 Å². The van der Waals surface area contributed by atoms with Crippen LogP contribution in [0.15, 0.2) is 48.5 Å². The van der Waals surface area contributed by atoms with Crippen molar-refractivity contribution in [3.8, 4) is 0 Å². The summed E-state index contributed by atoms with van der Waals surface area (Å²) in [6.07, 6.45) is 3.60. The summed E-state index contributed by atoms with van der Waals surface area (Å²) in [5, 5.41) is 0. The van der Waals surface area contributed by atoms with Gasteiger partial charge in [0, 0.05) is 38.4 Å². The van der Waals surface area contributed by atoms with E-state index in [-0.39, 0.29) is 0 Å². The van der Waals surface area contributed by atoms with Crippen molar-refractivity contribution in [1.29, 1.82) is 0 Å². The number of nitrogens with zero attached hydrogens (tertiary/aromatic N) is 2. The van der Waals surface area contributed by atoms with Gasteiger partial charge in [0.2, 0.25) is 0 Å². The van der Waals surface area contributed by atoms with Gasteiger partial charge in [-0.1, -0.05) is 49.7 Å². The molecule has 1 heterocycles. The van der Waals surface area contributed by atoms with Crippen LogP contribution in [0.3, 0.4) is 0 Å². The fourth-order valence-corrected chi connectivity index (χ4v) is 3.57. The average molecular weight is 322 g/mol. The Bertz CT molecular complexity index is 628. The van der Waals surface area contributed by atoms with Gasteiger partial charge in [-0.05, 0) is 48.6 Å². The molecule has 2 heteroatoms. The highest BCUT2D eigenvalue weighted by molar-refractivity contribution is 5.46. The van der Waals surface area contributed by atoms with Gasteiger partial charge in [-0.2, -0.15) is 0 Å². The van der Waals surface area contributed by atoms with Gasteiger partial charge in [0.25, 0.3) is 0 Å². The Morgan fingerprint density at radius 3 is 2.33 bits per heavy atom. The normalized spacial score (nSPS) is 15.7. The Labute approximate surface area is 147 Å². The minimum Gasteiger partial charge on any atom is -0.369 e. The van der Waals surface area contributed by atoms with Crippen LogP contribution < -0.4 is 4.90 Å². The summed E-state index contributed by atoms with van der Waals surface area (Å²) in [6.45, 7) is 10.3. The molecular formula is C22H30N2. The second-order valence-corrected chi connectivity index (χ2v) is 6.93. The van der Waals surface area contributed by atoms with E-state index in [1.54, 1.807) is 0 Å². The van der Waals surface area contributed by atoms with Crippen molar-refractivity contribution >= 4 is 5.69 Å². The van der Waals surface area contributed by atoms with E-state index in [4.69, 9.17) is 0 Å². The largest absolute Gasteiger partial charge is 0.369 e. The minimum absolute atomic E-state index is 1.14. The lowest BCUT2D eigenvalue weighted by Crippen LogP contribution is -2.46. The van der Waals surface area contributed by atoms with E-state index in [2.05, 4.69) is 72.2 Å². The molecule has 128 valence electrons. The summed E-state index contributed by atoms with van der Waals surface area (Å²) in [4.78, 5) is 5.11. The van der Waals surface area contributed by atoms with Crippen molar-refractivity contribution in [2.75, 3.05) is 37.6 Å². The van der Waals surface area contributed by atoms with Crippen LogP contribution in [0.2, 0.25) is 0 Å². The molecule has 0 N–H and O–H groups in total. The minimum atomic E-state index is 1.14. The molecule has 0 spiro atoms. The Kier molecular flexibility index (Phi) is 5.92. The van der Waals surface area contributed by atoms with Gasteiger partial charge < -0.3 is 4.90 Å². The number of aryl methyl sites for hydroxylation is 2. The first-order valence-corrected chi connectivity index (χ1v) is 9.37. The lowest BCUT2D eigenvalue weighted by atomic mass is 9.99. The zero-order valence-corrected chi connectivity index (χ0v) is 15.2. The van der Waals surface area contributed by atoms with Gasteiger partial charge in [0.05, 0.1) is 0 Å². The molecule has 2 aromatic rings. The molecule has 1 aliphatic rings. The van der Waals surface area contributed by atoms with E-state index >= 15 is 0 Å². The second kappa shape index (κ2) is 8.34. The average Bonchev–Trinajstić information content (AvgIpc) is 2.64. The SMILES string of the molecule is CCCc1cc(CCN2CCN(c3ccccc3)CC2)ccc1C. The van der Waals surface area contributed by atoms with E-state index < -0.39 is 0 Å². The molecule has 0 radical (unpaired) electrons. The maximum atomic E-state index is 2.61. The molecule has 2 aromatic carbocycles. The molecule has 1 aliphatic heterocycles. The number of benzene rings is 2. The van der Waals surface area contributed by atoms with Crippen LogP contribution in [0, 0.1) is 6.92 Å². The topological polar surface area (TPSA) is 6.48 Å². The molecule has 0 atom stereocenters. The molecule has 3 rings (SSSR count). The lowest BCUT2D eigenvalue weighted by molar-refractivity contribution is 0.261. The quantitative estimate of drug-likeness (QED) is 0.782. The first kappa shape index (κ1) is 17.0. The third kappa shape index (κ3) is 4.39. The predicted octanol–water partition coefficient (Wildman–Crippen LogP) is 4.31. The highest BCUT2D eigenvalue weighted by atomic mass is 15.3. The number of piperazine rings is 1. The number of hydrogen-bond donors (Lipinski definition) is 0. The van der Waals surface area contributed by atoms with Gasteiger partial charge in [-0.3, -0.25) is 4.90 Å². The van der Waals surface area contributed by atoms with Crippen molar-refractivity contribution in [2.24, 2.45) is 0 Å². The van der Waals surface area contributed by atoms with Gasteiger partial charge in [-0.25, -0.2) is 0 Å². The monoisotopic (exact) mass is 322 g/mol. The molecule has 24 heavy (non-hydrogen) atoms. The van der Waals surface area contributed by atoms with Crippen LogP contribution in [0.1, 0.15) is 30.0 Å². The van der Waals surface area contributed by atoms with Crippen molar-refractivity contribution in [3.05, 3.63) is 65.2 Å². The molecule has 0 aliphatic carbocycles. The molecule has 0 amide bonds. The maximum Gasteiger partial charge on any atom is 0.0367 e. The summed E-state index contributed by atoms with van der Waals surface area (Å²) in [5.41, 5.74) is 5.83. The Hall–Kier alpha value is -1.80. The van der Waals surface area contributed by atoms with Crippen LogP contribution in [0.5, 0.6) is 0 Å². The van der Waals surface area contributed by atoms with Gasteiger partial charge in [0.1, 0.15) is 0 Å². The van der Waals surface area contributed by atoms with Crippen LogP contribution in [-0.4, -0.2) is 37.6 Å². The molecule has 0 unspecified atom stereocenters. The number of rotatable bonds is 6. The van der Waals surface area contributed by atoms with Gasteiger partial charge in [0.15, 0.2) is 0 Å². The molecule has 1 fully saturated rings. The van der Waals surface area contributed by atoms with Crippen LogP contribution in [0.4, 0.5) is 5.69 Å². The standard InChI is InChI=1S/C22H30N2/c1-3-7-21-18-20(11-10-19(21)2)12-13-23-14-16-24(17-15-23)22-8-5-4-6-9-22/h4-6,8-11,18H,3,7,12-17H2,1-2H3. The lowest BCUT2D eigenvalue weighted by Gasteiger charge is -2.36. The highest BCUT2D eigenvalue weighted by Crippen LogP contribution is 2.17. The molecule has 0 saturated carbocycles. The van der Waals surface area contributed by atoms with E-state index in [0.717, 1.165) is 13.1 Å². The number of hydrogen-bond acceptors (Lipinski definition) is 2. The first-order chi connectivity index (χ1) is 11.8. The summed E-state index contributed by atoms with van der Waals surface area (Å²) in [7, 11) is 0. The fourth-order valence-electron chi connectivity index (χ4n) is 3.57. The third-order valence-electron chi connectivity index (χ3n) is 5.14. The van der Waals surface area contributed by atoms with Crippen molar-refractivity contribution in [2.45, 2.75) is 33.1 Å². The third-order valence-corrected chi connectivity index (χ3v) is 5.14. The first-order valence-electron chi connectivity index (χ1n) is 9.37. The number of anilines is 1. The van der Waals surface area contributed by atoms with Gasteiger partial charge in [-0.15, -0.1) is 0 Å². The van der Waals surface area contributed by atoms with E-state index in [9.17, 15) is 0 Å². The Morgan fingerprint density at radius 1 is 0.875 bits per heavy atom. The summed E-state index contributed by atoms with van der Waals surface area (Å²) in [6, 6.07) is 17.8. The van der Waals surface area contributed by atoms with E-state index in [1.165, 1.54) is 61.3 Å². The molecule has 0 bridgehead atoms. The summed E-state index contributed by atoms with van der Waals surface area (Å²) in [5.74, 6) is 0. The van der Waals surface area contributed by atoms with Crippen LogP contribution in [0.25, 0.3) is 0 Å². The smallest absolute Gasteiger partial charge is 0.0367 e. The van der Waals surface area contributed by atoms with Crippen molar-refractivity contribution in [3.63, 3.8) is 0 Å². The van der Waals surface area contributed by atoms with Crippen LogP contribution in [-0.2, 0) is 12.8 Å². The number of para-hydroxylation sites is 1. The zero-order valence-electron chi connectivity index (χ0n) is 15.2. The molecule has 0 aromatic heterocycles.